The van der Waals surface area contributed by atoms with Gasteiger partial charge in [-0.3, -0.25) is 4.79 Å². The molecule has 23 heavy (non-hydrogen) atoms. The van der Waals surface area contributed by atoms with Crippen molar-refractivity contribution in [1.29, 1.82) is 0 Å². The van der Waals surface area contributed by atoms with Gasteiger partial charge in [-0.15, -0.1) is 0 Å². The minimum absolute atomic E-state index is 0.270. The third-order valence-electron chi connectivity index (χ3n) is 2.55. The number of carbonyl (C=O) groups excluding carboxylic acids is 3. The predicted molar refractivity (Wildman–Crippen MR) is 73.5 cm³/mol. The van der Waals surface area contributed by atoms with Crippen molar-refractivity contribution in [2.24, 2.45) is 0 Å². The van der Waals surface area contributed by atoms with Crippen LogP contribution >= 0.6 is 0 Å². The Kier molecular flexibility index (Phi) is 5.45. The fourth-order valence-corrected chi connectivity index (χ4v) is 1.56. The summed E-state index contributed by atoms with van der Waals surface area (Å²) >= 11 is 0. The first-order valence-corrected chi connectivity index (χ1v) is 6.53. The van der Waals surface area contributed by atoms with E-state index < -0.39 is 24.3 Å². The Labute approximate surface area is 130 Å². The molecule has 10 nitrogen and oxygen atoms in total. The summed E-state index contributed by atoms with van der Waals surface area (Å²) in [6.07, 6.45) is 5.86. The molecule has 2 aromatic rings. The number of rotatable bonds is 5. The average Bonchev–Trinajstić information content (AvgIpc) is 3.21. The lowest BCUT2D eigenvalue weighted by molar-refractivity contribution is -0.150. The molecule has 0 radical (unpaired) electrons. The molecule has 10 heteroatoms. The monoisotopic (exact) mass is 322 g/mol. The number of imidazole rings is 2. The minimum Gasteiger partial charge on any atom is -0.455 e. The van der Waals surface area contributed by atoms with Crippen molar-refractivity contribution in [3.63, 3.8) is 0 Å². The van der Waals surface area contributed by atoms with Gasteiger partial charge in [0.15, 0.2) is 6.10 Å². The van der Waals surface area contributed by atoms with E-state index >= 15 is 0 Å². The average molecular weight is 322 g/mol. The lowest BCUT2D eigenvalue weighted by Crippen LogP contribution is -2.31. The molecule has 0 aliphatic carbocycles. The van der Waals surface area contributed by atoms with Crippen LogP contribution in [0.1, 0.15) is 6.92 Å². The molecule has 0 amide bonds. The summed E-state index contributed by atoms with van der Waals surface area (Å²) in [4.78, 5) is 41.8. The van der Waals surface area contributed by atoms with Crippen molar-refractivity contribution < 1.29 is 28.6 Å². The van der Waals surface area contributed by atoms with E-state index in [2.05, 4.69) is 9.97 Å². The standard InChI is InChI=1S/C13H14N4O6/c1-10(18)23-11(6-21-12(19)16-4-2-14-8-16)7-22-13(20)17-5-3-15-9-17/h2-5,8-9,11H,6-7H2,1H3. The summed E-state index contributed by atoms with van der Waals surface area (Å²) in [7, 11) is 0. The Balaban J connectivity index is 1.85. The fourth-order valence-electron chi connectivity index (χ4n) is 1.56. The molecule has 0 saturated carbocycles. The van der Waals surface area contributed by atoms with E-state index in [1.54, 1.807) is 0 Å². The van der Waals surface area contributed by atoms with Gasteiger partial charge in [0.2, 0.25) is 0 Å². The lowest BCUT2D eigenvalue weighted by Gasteiger charge is -2.17. The lowest BCUT2D eigenvalue weighted by atomic mass is 10.4. The zero-order chi connectivity index (χ0) is 16.7. The summed E-state index contributed by atoms with van der Waals surface area (Å²) in [6, 6.07) is 0. The summed E-state index contributed by atoms with van der Waals surface area (Å²) in [5, 5.41) is 0. The van der Waals surface area contributed by atoms with Crippen LogP contribution < -0.4 is 0 Å². The summed E-state index contributed by atoms with van der Waals surface area (Å²) in [6.45, 7) is 0.657. The van der Waals surface area contributed by atoms with Gasteiger partial charge in [0, 0.05) is 31.7 Å². The molecule has 0 N–H and O–H groups in total. The van der Waals surface area contributed by atoms with Gasteiger partial charge < -0.3 is 14.2 Å². The van der Waals surface area contributed by atoms with E-state index in [-0.39, 0.29) is 13.2 Å². The fraction of sp³-hybridized carbons (Fsp3) is 0.308. The Hall–Kier alpha value is -3.17. The van der Waals surface area contributed by atoms with E-state index in [1.807, 2.05) is 0 Å². The molecule has 0 fully saturated rings. The normalized spacial score (nSPS) is 10.3. The third-order valence-corrected chi connectivity index (χ3v) is 2.55. The van der Waals surface area contributed by atoms with Crippen LogP contribution in [0.25, 0.3) is 0 Å². The summed E-state index contributed by atoms with van der Waals surface area (Å²) in [5.74, 6) is -0.590. The van der Waals surface area contributed by atoms with Crippen LogP contribution in [0, 0.1) is 0 Å². The van der Waals surface area contributed by atoms with E-state index in [1.165, 1.54) is 44.4 Å². The smallest absolute Gasteiger partial charge is 0.419 e. The van der Waals surface area contributed by atoms with Gasteiger partial charge in [-0.05, 0) is 0 Å². The van der Waals surface area contributed by atoms with Crippen molar-refractivity contribution in [3.05, 3.63) is 37.4 Å². The first kappa shape index (κ1) is 16.2. The van der Waals surface area contributed by atoms with Crippen LogP contribution in [0.15, 0.2) is 37.4 Å². The first-order chi connectivity index (χ1) is 11.1. The number of carbonyl (C=O) groups is 3. The number of hydrogen-bond donors (Lipinski definition) is 0. The number of aromatic nitrogens is 4. The predicted octanol–water partition coefficient (Wildman–Crippen LogP) is 0.681. The SMILES string of the molecule is CC(=O)OC(COC(=O)n1ccnc1)COC(=O)n1ccnc1. The van der Waals surface area contributed by atoms with Crippen LogP contribution in [0.2, 0.25) is 0 Å². The van der Waals surface area contributed by atoms with Crippen molar-refractivity contribution in [2.75, 3.05) is 13.2 Å². The second-order valence-electron chi connectivity index (χ2n) is 4.33. The second kappa shape index (κ2) is 7.73. The number of hydrogen-bond acceptors (Lipinski definition) is 8. The Morgan fingerprint density at radius 1 is 0.957 bits per heavy atom. The zero-order valence-corrected chi connectivity index (χ0v) is 12.2. The molecule has 0 atom stereocenters. The Bertz CT molecular complexity index is 602. The van der Waals surface area contributed by atoms with Gasteiger partial charge in [0.25, 0.3) is 0 Å². The molecule has 0 aromatic carbocycles. The maximum Gasteiger partial charge on any atom is 0.419 e. The third kappa shape index (κ3) is 4.95. The largest absolute Gasteiger partial charge is 0.455 e. The van der Waals surface area contributed by atoms with E-state index in [4.69, 9.17) is 14.2 Å². The first-order valence-electron chi connectivity index (χ1n) is 6.53. The van der Waals surface area contributed by atoms with Gasteiger partial charge in [-0.25, -0.2) is 28.7 Å². The zero-order valence-electron chi connectivity index (χ0n) is 12.2. The van der Waals surface area contributed by atoms with Crippen LogP contribution in [0.5, 0.6) is 0 Å². The molecule has 2 heterocycles. The van der Waals surface area contributed by atoms with Gasteiger partial charge >= 0.3 is 18.2 Å². The molecule has 0 aliphatic rings. The maximum absolute atomic E-state index is 11.7. The molecule has 0 aliphatic heterocycles. The van der Waals surface area contributed by atoms with Crippen LogP contribution in [0.3, 0.4) is 0 Å². The summed E-state index contributed by atoms with van der Waals surface area (Å²) in [5.41, 5.74) is 0. The molecule has 0 saturated heterocycles. The number of ether oxygens (including phenoxy) is 3. The maximum atomic E-state index is 11.7. The van der Waals surface area contributed by atoms with E-state index in [0.717, 1.165) is 9.13 Å². The Morgan fingerprint density at radius 2 is 1.43 bits per heavy atom. The molecule has 0 bridgehead atoms. The topological polar surface area (TPSA) is 115 Å². The number of esters is 1. The van der Waals surface area contributed by atoms with Gasteiger partial charge in [-0.1, -0.05) is 0 Å². The van der Waals surface area contributed by atoms with Crippen LogP contribution in [0.4, 0.5) is 9.59 Å². The quantitative estimate of drug-likeness (QED) is 0.583. The van der Waals surface area contributed by atoms with Gasteiger partial charge in [-0.2, -0.15) is 0 Å². The van der Waals surface area contributed by atoms with Crippen molar-refractivity contribution in [1.82, 2.24) is 19.1 Å². The highest BCUT2D eigenvalue weighted by Gasteiger charge is 2.18. The molecule has 2 aromatic heterocycles. The molecular weight excluding hydrogens is 308 g/mol. The van der Waals surface area contributed by atoms with E-state index in [9.17, 15) is 14.4 Å². The van der Waals surface area contributed by atoms with E-state index in [0.29, 0.717) is 0 Å². The van der Waals surface area contributed by atoms with Crippen LogP contribution in [-0.2, 0) is 19.0 Å². The highest BCUT2D eigenvalue weighted by Crippen LogP contribution is 2.00. The highest BCUT2D eigenvalue weighted by molar-refractivity contribution is 5.71. The molecule has 0 unspecified atom stereocenters. The van der Waals surface area contributed by atoms with Crippen LogP contribution in [-0.4, -0.2) is 56.6 Å². The van der Waals surface area contributed by atoms with Gasteiger partial charge in [0.05, 0.1) is 0 Å². The highest BCUT2D eigenvalue weighted by atomic mass is 16.6. The molecule has 122 valence electrons. The molecule has 0 spiro atoms. The Morgan fingerprint density at radius 3 is 1.78 bits per heavy atom. The molecule has 2 rings (SSSR count). The van der Waals surface area contributed by atoms with Gasteiger partial charge in [0.1, 0.15) is 25.9 Å². The second-order valence-corrected chi connectivity index (χ2v) is 4.33. The minimum atomic E-state index is -0.924. The van der Waals surface area contributed by atoms with Crippen molar-refractivity contribution >= 4 is 18.2 Å². The molecular formula is C13H14N4O6. The van der Waals surface area contributed by atoms with Crippen molar-refractivity contribution in [2.45, 2.75) is 13.0 Å². The number of nitrogens with zero attached hydrogens (tertiary/aromatic N) is 4. The van der Waals surface area contributed by atoms with Crippen molar-refractivity contribution in [3.8, 4) is 0 Å². The summed E-state index contributed by atoms with van der Waals surface area (Å²) < 4.78 is 17.1.